The molecule has 7 heteroatoms. The third-order valence-electron chi connectivity index (χ3n) is 4.05. The molecule has 0 aliphatic carbocycles. The minimum Gasteiger partial charge on any atom is -0.378 e. The normalized spacial score (nSPS) is 16.7. The van der Waals surface area contributed by atoms with Crippen LogP contribution in [0.3, 0.4) is 0 Å². The van der Waals surface area contributed by atoms with Crippen LogP contribution in [0.5, 0.6) is 0 Å². The predicted molar refractivity (Wildman–Crippen MR) is 95.3 cm³/mol. The Labute approximate surface area is 150 Å². The molecule has 1 fully saturated rings. The fraction of sp³-hybridized carbons (Fsp3) is 0.263. The maximum atomic E-state index is 13.6. The Balaban J connectivity index is 1.54. The van der Waals surface area contributed by atoms with E-state index in [9.17, 15) is 14.0 Å². The van der Waals surface area contributed by atoms with Gasteiger partial charge in [0.25, 0.3) is 5.91 Å². The molecule has 26 heavy (non-hydrogen) atoms. The summed E-state index contributed by atoms with van der Waals surface area (Å²) < 4.78 is 18.8. The van der Waals surface area contributed by atoms with Crippen molar-refractivity contribution in [2.45, 2.75) is 12.6 Å². The molecule has 1 saturated heterocycles. The summed E-state index contributed by atoms with van der Waals surface area (Å²) in [5.41, 5.74) is 1.44. The van der Waals surface area contributed by atoms with Gasteiger partial charge in [-0.25, -0.2) is 4.39 Å². The second-order valence-corrected chi connectivity index (χ2v) is 5.92. The lowest BCUT2D eigenvalue weighted by molar-refractivity contribution is -0.120. The van der Waals surface area contributed by atoms with E-state index >= 15 is 0 Å². The van der Waals surface area contributed by atoms with Crippen molar-refractivity contribution in [2.75, 3.05) is 25.1 Å². The molecule has 2 aromatic rings. The first-order chi connectivity index (χ1) is 12.6. The standard InChI is InChI=1S/C19H20FN3O3/c20-16-4-2-1-3-14(16)11-22-18(24)13-5-7-15(8-6-13)23-19(25)17-12-26-10-9-21-17/h1-8,17,21H,9-12H2,(H,22,24)(H,23,25). The van der Waals surface area contributed by atoms with Crippen molar-refractivity contribution in [1.82, 2.24) is 10.6 Å². The highest BCUT2D eigenvalue weighted by molar-refractivity contribution is 5.97. The topological polar surface area (TPSA) is 79.5 Å². The molecule has 0 radical (unpaired) electrons. The van der Waals surface area contributed by atoms with Crippen LogP contribution in [0.1, 0.15) is 15.9 Å². The van der Waals surface area contributed by atoms with Gasteiger partial charge in [-0.2, -0.15) is 0 Å². The van der Waals surface area contributed by atoms with Crippen LogP contribution in [0.2, 0.25) is 0 Å². The van der Waals surface area contributed by atoms with Gasteiger partial charge in [0, 0.05) is 29.9 Å². The van der Waals surface area contributed by atoms with E-state index < -0.39 is 0 Å². The zero-order valence-corrected chi connectivity index (χ0v) is 14.1. The van der Waals surface area contributed by atoms with Crippen LogP contribution in [-0.2, 0) is 16.1 Å². The number of morpholine rings is 1. The van der Waals surface area contributed by atoms with Crippen molar-refractivity contribution in [3.05, 3.63) is 65.5 Å². The Hall–Kier alpha value is -2.77. The molecule has 1 aliphatic rings. The highest BCUT2D eigenvalue weighted by atomic mass is 19.1. The smallest absolute Gasteiger partial charge is 0.251 e. The third kappa shape index (κ3) is 4.65. The van der Waals surface area contributed by atoms with Crippen molar-refractivity contribution < 1.29 is 18.7 Å². The predicted octanol–water partition coefficient (Wildman–Crippen LogP) is 1.68. The molecule has 0 saturated carbocycles. The maximum Gasteiger partial charge on any atom is 0.251 e. The van der Waals surface area contributed by atoms with Crippen LogP contribution in [0.25, 0.3) is 0 Å². The number of ether oxygens (including phenoxy) is 1. The molecular formula is C19H20FN3O3. The summed E-state index contributed by atoms with van der Waals surface area (Å²) in [5, 5.41) is 8.53. The van der Waals surface area contributed by atoms with Crippen LogP contribution >= 0.6 is 0 Å². The number of nitrogens with one attached hydrogen (secondary N) is 3. The fourth-order valence-electron chi connectivity index (χ4n) is 2.59. The number of hydrogen-bond donors (Lipinski definition) is 3. The summed E-state index contributed by atoms with van der Waals surface area (Å²) in [6.07, 6.45) is 0. The highest BCUT2D eigenvalue weighted by Crippen LogP contribution is 2.11. The number of halogens is 1. The van der Waals surface area contributed by atoms with Crippen LogP contribution in [0.15, 0.2) is 48.5 Å². The number of amides is 2. The zero-order valence-electron chi connectivity index (χ0n) is 14.1. The molecule has 0 aromatic heterocycles. The molecule has 1 atom stereocenters. The van der Waals surface area contributed by atoms with Gasteiger partial charge in [0.05, 0.1) is 13.2 Å². The first kappa shape index (κ1) is 18.0. The molecule has 3 N–H and O–H groups in total. The molecule has 1 heterocycles. The quantitative estimate of drug-likeness (QED) is 0.761. The number of carbonyl (C=O) groups is 2. The first-order valence-electron chi connectivity index (χ1n) is 8.37. The fourth-order valence-corrected chi connectivity index (χ4v) is 2.59. The van der Waals surface area contributed by atoms with Gasteiger partial charge in [0.2, 0.25) is 5.91 Å². The van der Waals surface area contributed by atoms with E-state index in [2.05, 4.69) is 16.0 Å². The summed E-state index contributed by atoms with van der Waals surface area (Å²) in [6, 6.07) is 12.4. The van der Waals surface area contributed by atoms with Gasteiger partial charge in [-0.15, -0.1) is 0 Å². The minimum atomic E-state index is -0.382. The average Bonchev–Trinajstić information content (AvgIpc) is 2.68. The van der Waals surface area contributed by atoms with Crippen molar-refractivity contribution >= 4 is 17.5 Å². The van der Waals surface area contributed by atoms with Gasteiger partial charge in [0.1, 0.15) is 11.9 Å². The van der Waals surface area contributed by atoms with Crippen molar-refractivity contribution in [2.24, 2.45) is 0 Å². The average molecular weight is 357 g/mol. The molecule has 136 valence electrons. The Morgan fingerprint density at radius 3 is 2.62 bits per heavy atom. The van der Waals surface area contributed by atoms with E-state index in [0.29, 0.717) is 36.6 Å². The molecule has 1 aliphatic heterocycles. The molecule has 6 nitrogen and oxygen atoms in total. The molecule has 3 rings (SSSR count). The molecule has 2 amide bonds. The maximum absolute atomic E-state index is 13.6. The van der Waals surface area contributed by atoms with Crippen molar-refractivity contribution in [3.63, 3.8) is 0 Å². The Morgan fingerprint density at radius 1 is 1.15 bits per heavy atom. The van der Waals surface area contributed by atoms with Crippen molar-refractivity contribution in [3.8, 4) is 0 Å². The van der Waals surface area contributed by atoms with E-state index in [4.69, 9.17) is 4.74 Å². The van der Waals surface area contributed by atoms with Gasteiger partial charge in [0.15, 0.2) is 0 Å². The number of anilines is 1. The molecule has 1 unspecified atom stereocenters. The minimum absolute atomic E-state index is 0.108. The zero-order chi connectivity index (χ0) is 18.4. The lowest BCUT2D eigenvalue weighted by Crippen LogP contribution is -2.48. The van der Waals surface area contributed by atoms with Crippen LogP contribution in [-0.4, -0.2) is 37.6 Å². The number of carbonyl (C=O) groups excluding carboxylic acids is 2. The lowest BCUT2D eigenvalue weighted by atomic mass is 10.1. The number of hydrogen-bond acceptors (Lipinski definition) is 4. The molecular weight excluding hydrogens is 337 g/mol. The summed E-state index contributed by atoms with van der Waals surface area (Å²) in [4.78, 5) is 24.3. The Morgan fingerprint density at radius 2 is 1.92 bits per heavy atom. The third-order valence-corrected chi connectivity index (χ3v) is 4.05. The van der Waals surface area contributed by atoms with E-state index in [0.717, 1.165) is 0 Å². The van der Waals surface area contributed by atoms with Gasteiger partial charge in [-0.3, -0.25) is 9.59 Å². The largest absolute Gasteiger partial charge is 0.378 e. The second kappa shape index (κ2) is 8.55. The van der Waals surface area contributed by atoms with E-state index in [-0.39, 0.29) is 30.2 Å². The highest BCUT2D eigenvalue weighted by Gasteiger charge is 2.21. The first-order valence-corrected chi connectivity index (χ1v) is 8.37. The molecule has 0 spiro atoms. The van der Waals surface area contributed by atoms with Crippen molar-refractivity contribution in [1.29, 1.82) is 0 Å². The van der Waals surface area contributed by atoms with Gasteiger partial charge in [-0.1, -0.05) is 18.2 Å². The summed E-state index contributed by atoms with van der Waals surface area (Å²) in [6.45, 7) is 1.68. The van der Waals surface area contributed by atoms with Crippen LogP contribution in [0.4, 0.5) is 10.1 Å². The van der Waals surface area contributed by atoms with Gasteiger partial charge < -0.3 is 20.7 Å². The summed E-state index contributed by atoms with van der Waals surface area (Å²) in [5.74, 6) is -0.846. The molecule has 2 aromatic carbocycles. The number of rotatable bonds is 5. The lowest BCUT2D eigenvalue weighted by Gasteiger charge is -2.22. The monoisotopic (exact) mass is 357 g/mol. The molecule has 0 bridgehead atoms. The van der Waals surface area contributed by atoms with Crippen LogP contribution < -0.4 is 16.0 Å². The second-order valence-electron chi connectivity index (χ2n) is 5.92. The Kier molecular flexibility index (Phi) is 5.93. The van der Waals surface area contributed by atoms with E-state index in [1.165, 1.54) is 6.07 Å². The summed E-state index contributed by atoms with van der Waals surface area (Å²) >= 11 is 0. The van der Waals surface area contributed by atoms with Gasteiger partial charge in [-0.05, 0) is 30.3 Å². The Bertz CT molecular complexity index is 774. The van der Waals surface area contributed by atoms with E-state index in [1.807, 2.05) is 0 Å². The van der Waals surface area contributed by atoms with E-state index in [1.54, 1.807) is 42.5 Å². The SMILES string of the molecule is O=C(NCc1ccccc1F)c1ccc(NC(=O)C2COCCN2)cc1. The van der Waals surface area contributed by atoms with Gasteiger partial charge >= 0.3 is 0 Å². The van der Waals surface area contributed by atoms with Crippen LogP contribution in [0, 0.1) is 5.82 Å². The summed E-state index contributed by atoms with van der Waals surface area (Å²) in [7, 11) is 0. The number of benzene rings is 2.